The van der Waals surface area contributed by atoms with E-state index in [9.17, 15) is 9.36 Å². The van der Waals surface area contributed by atoms with Crippen molar-refractivity contribution in [2.45, 2.75) is 6.04 Å². The minimum absolute atomic E-state index is 0.158. The van der Waals surface area contributed by atoms with Crippen LogP contribution in [0.4, 0.5) is 4.79 Å². The highest BCUT2D eigenvalue weighted by atomic mass is 32.7. The summed E-state index contributed by atoms with van der Waals surface area (Å²) in [6.45, 7) is -3.66. The summed E-state index contributed by atoms with van der Waals surface area (Å²) >= 11 is 4.97. The smallest absolute Gasteiger partial charge is 0.418 e. The lowest BCUT2D eigenvalue weighted by Crippen LogP contribution is -2.30. The number of ether oxygens (including phenoxy) is 1. The van der Waals surface area contributed by atoms with Gasteiger partial charge in [0.2, 0.25) is 0 Å². The van der Waals surface area contributed by atoms with E-state index in [2.05, 4.69) is 17.0 Å². The molecule has 1 aliphatic rings. The fourth-order valence-electron chi connectivity index (χ4n) is 1.08. The first-order valence-corrected chi connectivity index (χ1v) is 7.63. The third-order valence-electron chi connectivity index (χ3n) is 1.57. The molecule has 1 N–H and O–H groups in total. The third-order valence-corrected chi connectivity index (χ3v) is 3.92. The number of cyclic esters (lactones) is 1. The molecule has 8 heteroatoms. The van der Waals surface area contributed by atoms with Crippen molar-refractivity contribution in [1.82, 2.24) is 4.67 Å². The van der Waals surface area contributed by atoms with Crippen LogP contribution in [0.1, 0.15) is 0 Å². The van der Waals surface area contributed by atoms with Crippen LogP contribution in [-0.4, -0.2) is 40.3 Å². The summed E-state index contributed by atoms with van der Waals surface area (Å²) in [7, 11) is 0. The van der Waals surface area contributed by atoms with Crippen LogP contribution in [-0.2, 0) is 9.30 Å². The van der Waals surface area contributed by atoms with Gasteiger partial charge in [0.05, 0.1) is 6.04 Å². The van der Waals surface area contributed by atoms with E-state index >= 15 is 0 Å². The summed E-state index contributed by atoms with van der Waals surface area (Å²) in [5.74, 6) is 0.566. The number of nitrogens with zero attached hydrogens (tertiary/aromatic N) is 1. The molecule has 5 nitrogen and oxygen atoms in total. The van der Waals surface area contributed by atoms with E-state index in [0.29, 0.717) is 5.75 Å². The zero-order valence-corrected chi connectivity index (χ0v) is 9.52. The molecule has 13 heavy (non-hydrogen) atoms. The van der Waals surface area contributed by atoms with Gasteiger partial charge in [0.1, 0.15) is 6.61 Å². The fraction of sp³-hybridized carbons (Fsp3) is 0.800. The van der Waals surface area contributed by atoms with Gasteiger partial charge >= 0.3 is 12.8 Å². The highest BCUT2D eigenvalue weighted by Crippen LogP contribution is 2.53. The van der Waals surface area contributed by atoms with Crippen LogP contribution in [0.15, 0.2) is 0 Å². The molecule has 0 aromatic rings. The highest BCUT2D eigenvalue weighted by Gasteiger charge is 2.42. The first-order valence-electron chi connectivity index (χ1n) is 3.47. The van der Waals surface area contributed by atoms with Gasteiger partial charge in [-0.05, 0) is 6.26 Å². The Kier molecular flexibility index (Phi) is 3.57. The molecular weight excluding hydrogens is 233 g/mol. The van der Waals surface area contributed by atoms with E-state index in [4.69, 9.17) is 4.89 Å². The Morgan fingerprint density at radius 2 is 2.54 bits per heavy atom. The van der Waals surface area contributed by atoms with Crippen molar-refractivity contribution >= 4 is 36.8 Å². The average Bonchev–Trinajstić information content (AvgIpc) is 2.31. The van der Waals surface area contributed by atoms with Crippen molar-refractivity contribution in [3.05, 3.63) is 0 Å². The minimum Gasteiger partial charge on any atom is -0.447 e. The van der Waals surface area contributed by atoms with Crippen molar-refractivity contribution in [3.63, 3.8) is 0 Å². The lowest BCUT2D eigenvalue weighted by Gasteiger charge is -2.21. The molecule has 0 aromatic heterocycles. The van der Waals surface area contributed by atoms with Gasteiger partial charge in [-0.15, -0.1) is 0 Å². The van der Waals surface area contributed by atoms with Crippen molar-refractivity contribution in [1.29, 1.82) is 0 Å². The number of carbonyl (C=O) groups excluding carboxylic acids is 1. The van der Waals surface area contributed by atoms with Crippen molar-refractivity contribution in [2.75, 3.05) is 18.6 Å². The third kappa shape index (κ3) is 2.56. The van der Waals surface area contributed by atoms with Crippen LogP contribution in [0.5, 0.6) is 0 Å². The van der Waals surface area contributed by atoms with Crippen LogP contribution >= 0.6 is 30.7 Å². The van der Waals surface area contributed by atoms with Gasteiger partial charge in [-0.1, -0.05) is 12.2 Å². The molecule has 0 saturated carbocycles. The van der Waals surface area contributed by atoms with E-state index < -0.39 is 12.8 Å². The standard InChI is InChI=1S/C5H10NO4PS2/c1-13-3-4-2-10-5(7)6(4)11(8,9)12/h4H,2-3H2,1H3,(H2,8,9,12). The van der Waals surface area contributed by atoms with Crippen LogP contribution in [0.2, 0.25) is 0 Å². The summed E-state index contributed by atoms with van der Waals surface area (Å²) in [5.41, 5.74) is 0. The molecule has 2 unspecified atom stereocenters. The Balaban J connectivity index is 2.77. The summed E-state index contributed by atoms with van der Waals surface area (Å²) in [5, 5.41) is 0. The monoisotopic (exact) mass is 243 g/mol. The molecule has 1 rings (SSSR count). The molecule has 1 aliphatic heterocycles. The Morgan fingerprint density at radius 3 is 3.00 bits per heavy atom. The second-order valence-corrected chi connectivity index (χ2v) is 6.48. The van der Waals surface area contributed by atoms with Crippen molar-refractivity contribution in [3.8, 4) is 0 Å². The quantitative estimate of drug-likeness (QED) is 0.576. The largest absolute Gasteiger partial charge is 0.447 e. The van der Waals surface area contributed by atoms with E-state index in [1.807, 2.05) is 6.26 Å². The van der Waals surface area contributed by atoms with E-state index in [0.717, 1.165) is 4.67 Å². The molecule has 0 spiro atoms. The zero-order valence-electron chi connectivity index (χ0n) is 6.91. The Morgan fingerprint density at radius 1 is 1.92 bits per heavy atom. The van der Waals surface area contributed by atoms with Gasteiger partial charge in [0.15, 0.2) is 0 Å². The normalized spacial score (nSPS) is 27.2. The fourth-order valence-corrected chi connectivity index (χ4v) is 3.33. The molecule has 1 fully saturated rings. The zero-order chi connectivity index (χ0) is 10.1. The minimum atomic E-state index is -3.82. The number of rotatable bonds is 3. The van der Waals surface area contributed by atoms with Gasteiger partial charge in [-0.25, -0.2) is 9.46 Å². The summed E-state index contributed by atoms with van der Waals surface area (Å²) in [4.78, 5) is 20.1. The molecule has 1 saturated heterocycles. The number of hydrogen-bond acceptors (Lipinski definition) is 4. The molecule has 76 valence electrons. The summed E-state index contributed by atoms with van der Waals surface area (Å²) in [6.07, 6.45) is 1.09. The molecule has 0 aliphatic carbocycles. The number of carbonyl (C=O) groups is 1. The SMILES string of the molecule is CSCC1COC(=O)N1P(=O)(O)S. The number of amides is 1. The summed E-state index contributed by atoms with van der Waals surface area (Å²) in [6, 6.07) is -0.351. The van der Waals surface area contributed by atoms with Gasteiger partial charge < -0.3 is 9.63 Å². The van der Waals surface area contributed by atoms with Gasteiger partial charge in [0.25, 0.3) is 0 Å². The Bertz CT molecular complexity index is 255. The highest BCUT2D eigenvalue weighted by molar-refractivity contribution is 8.45. The van der Waals surface area contributed by atoms with E-state index in [-0.39, 0.29) is 12.6 Å². The van der Waals surface area contributed by atoms with E-state index in [1.165, 1.54) is 11.8 Å². The number of thiol groups is 1. The van der Waals surface area contributed by atoms with E-state index in [1.54, 1.807) is 0 Å². The average molecular weight is 243 g/mol. The second kappa shape index (κ2) is 4.13. The summed E-state index contributed by atoms with van der Waals surface area (Å²) < 4.78 is 16.6. The predicted octanol–water partition coefficient (Wildman–Crippen LogP) is 1.20. The topological polar surface area (TPSA) is 66.8 Å². The maximum atomic E-state index is 11.1. The van der Waals surface area contributed by atoms with Crippen LogP contribution in [0, 0.1) is 0 Å². The van der Waals surface area contributed by atoms with Crippen LogP contribution in [0.3, 0.4) is 0 Å². The van der Waals surface area contributed by atoms with Crippen molar-refractivity contribution < 1.29 is 19.0 Å². The Hall–Kier alpha value is 0.160. The molecule has 0 aromatic carbocycles. The first kappa shape index (κ1) is 11.2. The molecule has 2 atom stereocenters. The lowest BCUT2D eigenvalue weighted by molar-refractivity contribution is 0.168. The van der Waals surface area contributed by atoms with Gasteiger partial charge in [-0.2, -0.15) is 11.8 Å². The Labute approximate surface area is 85.5 Å². The van der Waals surface area contributed by atoms with Gasteiger partial charge in [0, 0.05) is 5.75 Å². The second-order valence-electron chi connectivity index (χ2n) is 2.54. The maximum Gasteiger partial charge on any atom is 0.418 e. The maximum absolute atomic E-state index is 11.1. The molecule has 0 bridgehead atoms. The van der Waals surface area contributed by atoms with Crippen molar-refractivity contribution in [2.24, 2.45) is 0 Å². The predicted molar refractivity (Wildman–Crippen MR) is 54.2 cm³/mol. The van der Waals surface area contributed by atoms with Crippen LogP contribution < -0.4 is 0 Å². The molecule has 1 heterocycles. The number of hydrogen-bond donors (Lipinski definition) is 2. The lowest BCUT2D eigenvalue weighted by atomic mass is 10.4. The first-order chi connectivity index (χ1) is 5.96. The number of thioether (sulfide) groups is 1. The van der Waals surface area contributed by atoms with Gasteiger partial charge in [-0.3, -0.25) is 4.57 Å². The molecule has 0 radical (unpaired) electrons. The molecule has 1 amide bonds. The molecular formula is C5H10NO4PS2. The van der Waals surface area contributed by atoms with Crippen LogP contribution in [0.25, 0.3) is 0 Å².